The van der Waals surface area contributed by atoms with E-state index in [0.29, 0.717) is 5.82 Å². The summed E-state index contributed by atoms with van der Waals surface area (Å²) in [6, 6.07) is -0.655. The van der Waals surface area contributed by atoms with E-state index in [9.17, 15) is 14.4 Å². The Kier molecular flexibility index (Phi) is 6.32. The molecule has 2 aromatic rings. The van der Waals surface area contributed by atoms with E-state index >= 15 is 0 Å². The molecule has 0 atom stereocenters. The Morgan fingerprint density at radius 3 is 2.60 bits per heavy atom. The maximum atomic E-state index is 11.8. The number of aromatic nitrogens is 2. The SMILES string of the molecule is CNC(=O)NC(=O)COC(=O)CSc1nc(C)nc2sc(C)c(C)c12. The number of carbonyl (C=O) groups excluding carboxylic acids is 3. The third kappa shape index (κ3) is 4.89. The number of rotatable bonds is 5. The van der Waals surface area contributed by atoms with Crippen LogP contribution in [0.4, 0.5) is 4.79 Å². The zero-order valence-corrected chi connectivity index (χ0v) is 15.9. The van der Waals surface area contributed by atoms with Crippen LogP contribution in [0.5, 0.6) is 0 Å². The normalized spacial score (nSPS) is 10.6. The summed E-state index contributed by atoms with van der Waals surface area (Å²) in [5.74, 6) is -0.615. The molecule has 0 aromatic carbocycles. The molecule has 0 aliphatic heterocycles. The second-order valence-corrected chi connectivity index (χ2v) is 7.28. The van der Waals surface area contributed by atoms with Crippen LogP contribution in [0.1, 0.15) is 16.3 Å². The fourth-order valence-electron chi connectivity index (χ4n) is 1.96. The van der Waals surface area contributed by atoms with Crippen molar-refractivity contribution in [3.8, 4) is 0 Å². The lowest BCUT2D eigenvalue weighted by Gasteiger charge is -2.06. The molecule has 3 amide bonds. The number of fused-ring (bicyclic) bond motifs is 1. The van der Waals surface area contributed by atoms with Crippen molar-refractivity contribution < 1.29 is 19.1 Å². The monoisotopic (exact) mass is 382 g/mol. The summed E-state index contributed by atoms with van der Waals surface area (Å²) in [5, 5.41) is 5.91. The molecule has 0 fully saturated rings. The van der Waals surface area contributed by atoms with Crippen LogP contribution in [0, 0.1) is 20.8 Å². The minimum absolute atomic E-state index is 0.00709. The third-order valence-electron chi connectivity index (χ3n) is 3.28. The molecule has 0 saturated heterocycles. The molecule has 8 nitrogen and oxygen atoms in total. The number of thioether (sulfide) groups is 1. The van der Waals surface area contributed by atoms with Gasteiger partial charge in [0.1, 0.15) is 15.7 Å². The molecule has 10 heteroatoms. The fourth-order valence-corrected chi connectivity index (χ4v) is 4.03. The highest BCUT2D eigenvalue weighted by Crippen LogP contribution is 2.35. The van der Waals surface area contributed by atoms with E-state index < -0.39 is 24.5 Å². The van der Waals surface area contributed by atoms with E-state index in [0.717, 1.165) is 25.7 Å². The van der Waals surface area contributed by atoms with E-state index in [1.54, 1.807) is 18.3 Å². The highest BCUT2D eigenvalue weighted by molar-refractivity contribution is 8.00. The second-order valence-electron chi connectivity index (χ2n) is 5.12. The Bertz CT molecular complexity index is 835. The molecular formula is C15H18N4O4S2. The number of amides is 3. The quantitative estimate of drug-likeness (QED) is 0.460. The van der Waals surface area contributed by atoms with Gasteiger partial charge in [-0.25, -0.2) is 14.8 Å². The topological polar surface area (TPSA) is 110 Å². The maximum absolute atomic E-state index is 11.8. The van der Waals surface area contributed by atoms with Crippen LogP contribution in [0.25, 0.3) is 10.2 Å². The minimum Gasteiger partial charge on any atom is -0.455 e. The highest BCUT2D eigenvalue weighted by atomic mass is 32.2. The first kappa shape index (κ1) is 19.1. The number of thiophene rings is 1. The average Bonchev–Trinajstić information content (AvgIpc) is 2.84. The number of hydrogen-bond donors (Lipinski definition) is 2. The van der Waals surface area contributed by atoms with Crippen LogP contribution >= 0.6 is 23.1 Å². The average molecular weight is 382 g/mol. The Morgan fingerprint density at radius 2 is 1.92 bits per heavy atom. The number of nitrogens with zero attached hydrogens (tertiary/aromatic N) is 2. The van der Waals surface area contributed by atoms with Crippen molar-refractivity contribution in [2.45, 2.75) is 25.8 Å². The number of esters is 1. The smallest absolute Gasteiger partial charge is 0.321 e. The molecule has 2 aromatic heterocycles. The molecule has 0 unspecified atom stereocenters. The lowest BCUT2D eigenvalue weighted by Crippen LogP contribution is -2.39. The molecular weight excluding hydrogens is 364 g/mol. The Morgan fingerprint density at radius 1 is 1.20 bits per heavy atom. The van der Waals surface area contributed by atoms with Crippen LogP contribution < -0.4 is 10.6 Å². The van der Waals surface area contributed by atoms with Crippen molar-refractivity contribution in [3.05, 3.63) is 16.3 Å². The van der Waals surface area contributed by atoms with Gasteiger partial charge in [-0.2, -0.15) is 0 Å². The lowest BCUT2D eigenvalue weighted by atomic mass is 10.2. The molecule has 2 rings (SSSR count). The standard InChI is InChI=1S/C15H18N4O4S2/c1-7-8(2)25-14-12(7)13(17-9(3)18-14)24-6-11(21)23-5-10(20)19-15(22)16-4/h5-6H2,1-4H3,(H2,16,19,20,22). The van der Waals surface area contributed by atoms with E-state index in [2.05, 4.69) is 15.3 Å². The summed E-state index contributed by atoms with van der Waals surface area (Å²) in [6.07, 6.45) is 0. The first-order valence-corrected chi connectivity index (χ1v) is 9.16. The molecule has 2 heterocycles. The van der Waals surface area contributed by atoms with E-state index in [-0.39, 0.29) is 5.75 Å². The zero-order valence-electron chi connectivity index (χ0n) is 14.3. The number of nitrogens with one attached hydrogen (secondary N) is 2. The first-order chi connectivity index (χ1) is 11.8. The number of aryl methyl sites for hydroxylation is 3. The van der Waals surface area contributed by atoms with Crippen LogP contribution in [0.15, 0.2) is 5.03 Å². The van der Waals surface area contributed by atoms with Crippen LogP contribution in [-0.4, -0.2) is 47.3 Å². The minimum atomic E-state index is -0.692. The van der Waals surface area contributed by atoms with Crippen LogP contribution in [0.2, 0.25) is 0 Å². The molecule has 0 radical (unpaired) electrons. The van der Waals surface area contributed by atoms with Crippen molar-refractivity contribution >= 4 is 51.2 Å². The molecule has 0 bridgehead atoms. The summed E-state index contributed by atoms with van der Waals surface area (Å²) < 4.78 is 4.86. The number of carbonyl (C=O) groups is 3. The van der Waals surface area contributed by atoms with Gasteiger partial charge in [0.15, 0.2) is 6.61 Å². The number of imide groups is 1. The van der Waals surface area contributed by atoms with Gasteiger partial charge < -0.3 is 10.1 Å². The van der Waals surface area contributed by atoms with Crippen molar-refractivity contribution in [2.75, 3.05) is 19.4 Å². The second kappa shape index (κ2) is 8.26. The third-order valence-corrected chi connectivity index (χ3v) is 5.33. The largest absolute Gasteiger partial charge is 0.455 e. The van der Waals surface area contributed by atoms with Gasteiger partial charge in [0, 0.05) is 17.3 Å². The molecule has 0 aliphatic carbocycles. The number of urea groups is 1. The predicted molar refractivity (Wildman–Crippen MR) is 95.9 cm³/mol. The van der Waals surface area contributed by atoms with Crippen LogP contribution in [0.3, 0.4) is 0 Å². The molecule has 134 valence electrons. The predicted octanol–water partition coefficient (Wildman–Crippen LogP) is 1.71. The van der Waals surface area contributed by atoms with Crippen LogP contribution in [-0.2, 0) is 14.3 Å². The summed E-state index contributed by atoms with van der Waals surface area (Å²) in [4.78, 5) is 45.1. The molecule has 0 saturated carbocycles. The Balaban J connectivity index is 1.97. The Labute approximate surface area is 152 Å². The van der Waals surface area contributed by atoms with Gasteiger partial charge in [0.05, 0.1) is 5.75 Å². The summed E-state index contributed by atoms with van der Waals surface area (Å²) in [6.45, 7) is 5.31. The van der Waals surface area contributed by atoms with Gasteiger partial charge in [-0.3, -0.25) is 14.9 Å². The highest BCUT2D eigenvalue weighted by Gasteiger charge is 2.16. The molecule has 0 aliphatic rings. The summed E-state index contributed by atoms with van der Waals surface area (Å²) in [7, 11) is 1.38. The summed E-state index contributed by atoms with van der Waals surface area (Å²) in [5.41, 5.74) is 1.10. The van der Waals surface area contributed by atoms with Gasteiger partial charge >= 0.3 is 12.0 Å². The van der Waals surface area contributed by atoms with E-state index in [1.807, 2.05) is 19.2 Å². The first-order valence-electron chi connectivity index (χ1n) is 7.36. The Hall–Kier alpha value is -2.20. The van der Waals surface area contributed by atoms with Gasteiger partial charge in [-0.1, -0.05) is 11.8 Å². The van der Waals surface area contributed by atoms with Gasteiger partial charge in [0.25, 0.3) is 5.91 Å². The van der Waals surface area contributed by atoms with Gasteiger partial charge in [-0.15, -0.1) is 11.3 Å². The maximum Gasteiger partial charge on any atom is 0.321 e. The van der Waals surface area contributed by atoms with E-state index in [4.69, 9.17) is 4.74 Å². The van der Waals surface area contributed by atoms with E-state index in [1.165, 1.54) is 18.8 Å². The number of ether oxygens (including phenoxy) is 1. The van der Waals surface area contributed by atoms with Gasteiger partial charge in [0.2, 0.25) is 0 Å². The van der Waals surface area contributed by atoms with Crippen molar-refractivity contribution in [1.82, 2.24) is 20.6 Å². The molecule has 2 N–H and O–H groups in total. The van der Waals surface area contributed by atoms with Crippen molar-refractivity contribution in [1.29, 1.82) is 0 Å². The number of hydrogen-bond acceptors (Lipinski definition) is 8. The fraction of sp³-hybridized carbons (Fsp3) is 0.400. The molecule has 0 spiro atoms. The van der Waals surface area contributed by atoms with Crippen molar-refractivity contribution in [2.24, 2.45) is 0 Å². The lowest BCUT2D eigenvalue weighted by molar-refractivity contribution is -0.145. The van der Waals surface area contributed by atoms with Gasteiger partial charge in [-0.05, 0) is 26.3 Å². The zero-order chi connectivity index (χ0) is 18.6. The summed E-state index contributed by atoms with van der Waals surface area (Å²) >= 11 is 2.83. The van der Waals surface area contributed by atoms with Crippen molar-refractivity contribution in [3.63, 3.8) is 0 Å². The molecule has 25 heavy (non-hydrogen) atoms.